The molecule has 0 fully saturated rings. The van der Waals surface area contributed by atoms with Crippen molar-refractivity contribution in [3.63, 3.8) is 0 Å². The highest BCUT2D eigenvalue weighted by molar-refractivity contribution is 7.99. The summed E-state index contributed by atoms with van der Waals surface area (Å²) in [5.41, 5.74) is 2.16. The lowest BCUT2D eigenvalue weighted by Gasteiger charge is -2.16. The van der Waals surface area contributed by atoms with E-state index in [9.17, 15) is 9.59 Å². The highest BCUT2D eigenvalue weighted by atomic mass is 32.2. The second-order valence-corrected chi connectivity index (χ2v) is 9.03. The third-order valence-corrected chi connectivity index (χ3v) is 6.66. The van der Waals surface area contributed by atoms with E-state index in [1.807, 2.05) is 42.1 Å². The summed E-state index contributed by atoms with van der Waals surface area (Å²) >= 11 is 2.96. The second kappa shape index (κ2) is 9.32. The SMILES string of the molecule is CN(Cc1nc2ccccc2s1)C(=O)c1ccc(NC(=O)CSc2nccn2C)cc1. The zero-order valence-corrected chi connectivity index (χ0v) is 18.7. The van der Waals surface area contributed by atoms with Gasteiger partial charge in [0.15, 0.2) is 5.16 Å². The molecule has 4 aromatic rings. The number of fused-ring (bicyclic) bond motifs is 1. The predicted molar refractivity (Wildman–Crippen MR) is 124 cm³/mol. The van der Waals surface area contributed by atoms with E-state index in [0.29, 0.717) is 17.8 Å². The van der Waals surface area contributed by atoms with E-state index in [4.69, 9.17) is 0 Å². The van der Waals surface area contributed by atoms with E-state index in [-0.39, 0.29) is 17.6 Å². The molecule has 0 aliphatic rings. The van der Waals surface area contributed by atoms with Crippen LogP contribution in [0.15, 0.2) is 66.1 Å². The average Bonchev–Trinajstić information content (AvgIpc) is 3.37. The molecule has 2 heterocycles. The highest BCUT2D eigenvalue weighted by Crippen LogP contribution is 2.23. The van der Waals surface area contributed by atoms with Crippen molar-refractivity contribution < 1.29 is 9.59 Å². The number of carbonyl (C=O) groups is 2. The number of imidazole rings is 1. The number of thiazole rings is 1. The molecule has 0 aliphatic carbocycles. The van der Waals surface area contributed by atoms with Gasteiger partial charge >= 0.3 is 0 Å². The number of para-hydroxylation sites is 1. The van der Waals surface area contributed by atoms with Crippen LogP contribution in [0.25, 0.3) is 10.2 Å². The van der Waals surface area contributed by atoms with E-state index in [0.717, 1.165) is 20.4 Å². The highest BCUT2D eigenvalue weighted by Gasteiger charge is 2.15. The number of nitrogens with zero attached hydrogens (tertiary/aromatic N) is 4. The molecular formula is C22H21N5O2S2. The summed E-state index contributed by atoms with van der Waals surface area (Å²) in [7, 11) is 3.65. The molecule has 0 spiro atoms. The van der Waals surface area contributed by atoms with Crippen molar-refractivity contribution in [1.82, 2.24) is 19.4 Å². The fourth-order valence-electron chi connectivity index (χ4n) is 3.00. The lowest BCUT2D eigenvalue weighted by Crippen LogP contribution is -2.26. The molecule has 2 amide bonds. The molecule has 31 heavy (non-hydrogen) atoms. The summed E-state index contributed by atoms with van der Waals surface area (Å²) in [6.45, 7) is 0.446. The van der Waals surface area contributed by atoms with Gasteiger partial charge in [-0.05, 0) is 36.4 Å². The Hall–Kier alpha value is -3.17. The number of carbonyl (C=O) groups excluding carboxylic acids is 2. The number of aromatic nitrogens is 3. The molecular weight excluding hydrogens is 430 g/mol. The summed E-state index contributed by atoms with van der Waals surface area (Å²) in [5, 5.41) is 4.52. The quantitative estimate of drug-likeness (QED) is 0.429. The van der Waals surface area contributed by atoms with Crippen LogP contribution in [0.5, 0.6) is 0 Å². The van der Waals surface area contributed by atoms with Gasteiger partial charge in [-0.2, -0.15) is 0 Å². The summed E-state index contributed by atoms with van der Waals surface area (Å²) in [6, 6.07) is 14.9. The van der Waals surface area contributed by atoms with Crippen molar-refractivity contribution in [1.29, 1.82) is 0 Å². The first-order valence-electron chi connectivity index (χ1n) is 9.59. The molecule has 0 unspecified atom stereocenters. The van der Waals surface area contributed by atoms with E-state index < -0.39 is 0 Å². The maximum atomic E-state index is 12.8. The Labute approximate surface area is 188 Å². The van der Waals surface area contributed by atoms with Crippen molar-refractivity contribution >= 4 is 50.8 Å². The molecule has 1 N–H and O–H groups in total. The van der Waals surface area contributed by atoms with E-state index in [2.05, 4.69) is 15.3 Å². The fourth-order valence-corrected chi connectivity index (χ4v) is 4.75. The molecule has 9 heteroatoms. The largest absolute Gasteiger partial charge is 0.335 e. The van der Waals surface area contributed by atoms with Crippen LogP contribution in [0.2, 0.25) is 0 Å². The van der Waals surface area contributed by atoms with Gasteiger partial charge in [0.05, 0.1) is 22.5 Å². The maximum absolute atomic E-state index is 12.8. The Morgan fingerprint density at radius 3 is 2.65 bits per heavy atom. The van der Waals surface area contributed by atoms with Crippen LogP contribution >= 0.6 is 23.1 Å². The van der Waals surface area contributed by atoms with Gasteiger partial charge in [0, 0.05) is 37.7 Å². The van der Waals surface area contributed by atoms with Crippen molar-refractivity contribution in [2.24, 2.45) is 7.05 Å². The third-order valence-electron chi connectivity index (χ3n) is 4.58. The predicted octanol–water partition coefficient (Wildman–Crippen LogP) is 4.03. The summed E-state index contributed by atoms with van der Waals surface area (Å²) in [6.07, 6.45) is 3.54. The van der Waals surface area contributed by atoms with Gasteiger partial charge in [-0.25, -0.2) is 9.97 Å². The first-order valence-corrected chi connectivity index (χ1v) is 11.4. The van der Waals surface area contributed by atoms with Crippen molar-refractivity contribution in [3.8, 4) is 0 Å². The smallest absolute Gasteiger partial charge is 0.253 e. The summed E-state index contributed by atoms with van der Waals surface area (Å²) in [5.74, 6) is 0.0405. The van der Waals surface area contributed by atoms with E-state index in [1.165, 1.54) is 11.8 Å². The molecule has 0 saturated heterocycles. The van der Waals surface area contributed by atoms with Crippen LogP contribution < -0.4 is 5.32 Å². The maximum Gasteiger partial charge on any atom is 0.253 e. The lowest BCUT2D eigenvalue weighted by molar-refractivity contribution is -0.113. The Kier molecular flexibility index (Phi) is 6.34. The molecule has 2 aromatic heterocycles. The monoisotopic (exact) mass is 451 g/mol. The molecule has 0 aliphatic heterocycles. The van der Waals surface area contributed by atoms with Gasteiger partial charge in [-0.15, -0.1) is 11.3 Å². The number of rotatable bonds is 7. The Bertz CT molecular complexity index is 1180. The van der Waals surface area contributed by atoms with Crippen LogP contribution in [-0.2, 0) is 18.4 Å². The molecule has 2 aromatic carbocycles. The van der Waals surface area contributed by atoms with E-state index >= 15 is 0 Å². The second-order valence-electron chi connectivity index (χ2n) is 6.97. The van der Waals surface area contributed by atoms with Gasteiger partial charge in [0.1, 0.15) is 5.01 Å². The van der Waals surface area contributed by atoms with Crippen LogP contribution in [0.3, 0.4) is 0 Å². The van der Waals surface area contributed by atoms with Crippen LogP contribution in [0.4, 0.5) is 5.69 Å². The third kappa shape index (κ3) is 5.12. The van der Waals surface area contributed by atoms with E-state index in [1.54, 1.807) is 53.7 Å². The number of aryl methyl sites for hydroxylation is 1. The van der Waals surface area contributed by atoms with Gasteiger partial charge < -0.3 is 14.8 Å². The molecule has 4 rings (SSSR count). The summed E-state index contributed by atoms with van der Waals surface area (Å²) in [4.78, 5) is 35.4. The minimum Gasteiger partial charge on any atom is -0.335 e. The summed E-state index contributed by atoms with van der Waals surface area (Å²) < 4.78 is 2.97. The van der Waals surface area contributed by atoms with Crippen molar-refractivity contribution in [2.75, 3.05) is 18.1 Å². The van der Waals surface area contributed by atoms with Gasteiger partial charge in [0.2, 0.25) is 5.91 Å². The molecule has 0 bridgehead atoms. The number of hydrogen-bond acceptors (Lipinski definition) is 6. The minimum atomic E-state index is -0.125. The molecule has 0 atom stereocenters. The number of benzene rings is 2. The standard InChI is InChI=1S/C22H21N5O2S2/c1-26-12-11-23-22(26)30-14-19(28)24-16-9-7-15(8-10-16)21(29)27(2)13-20-25-17-5-3-4-6-18(17)31-20/h3-12H,13-14H2,1-2H3,(H,24,28). The van der Waals surface area contributed by atoms with Crippen LogP contribution in [0, 0.1) is 0 Å². The average molecular weight is 452 g/mol. The number of thioether (sulfide) groups is 1. The lowest BCUT2D eigenvalue weighted by atomic mass is 10.2. The number of nitrogens with one attached hydrogen (secondary N) is 1. The zero-order chi connectivity index (χ0) is 21.8. The van der Waals surface area contributed by atoms with Crippen LogP contribution in [-0.4, -0.2) is 44.0 Å². The molecule has 0 radical (unpaired) electrons. The number of amides is 2. The first-order chi connectivity index (χ1) is 15.0. The molecule has 158 valence electrons. The van der Waals surface area contributed by atoms with Crippen molar-refractivity contribution in [3.05, 3.63) is 71.5 Å². The fraction of sp³-hybridized carbons (Fsp3) is 0.182. The number of hydrogen-bond donors (Lipinski definition) is 1. The van der Waals surface area contributed by atoms with Gasteiger partial charge in [-0.1, -0.05) is 23.9 Å². The van der Waals surface area contributed by atoms with Gasteiger partial charge in [0.25, 0.3) is 5.91 Å². The zero-order valence-electron chi connectivity index (χ0n) is 17.1. The molecule has 7 nitrogen and oxygen atoms in total. The Balaban J connectivity index is 1.32. The van der Waals surface area contributed by atoms with Crippen molar-refractivity contribution in [2.45, 2.75) is 11.7 Å². The normalized spacial score (nSPS) is 10.9. The first kappa shape index (κ1) is 21.1. The van der Waals surface area contributed by atoms with Crippen LogP contribution in [0.1, 0.15) is 15.4 Å². The number of anilines is 1. The Morgan fingerprint density at radius 1 is 1.16 bits per heavy atom. The topological polar surface area (TPSA) is 80.1 Å². The van der Waals surface area contributed by atoms with Gasteiger partial charge in [-0.3, -0.25) is 9.59 Å². The Morgan fingerprint density at radius 2 is 1.94 bits per heavy atom. The minimum absolute atomic E-state index is 0.0949. The molecule has 0 saturated carbocycles.